The molecule has 1 aromatic rings. The van der Waals surface area contributed by atoms with E-state index >= 15 is 0 Å². The van der Waals surface area contributed by atoms with E-state index in [-0.39, 0.29) is 41.6 Å². The van der Waals surface area contributed by atoms with Crippen LogP contribution in [0.25, 0.3) is 0 Å². The van der Waals surface area contributed by atoms with Gasteiger partial charge in [-0.3, -0.25) is 9.59 Å². The molecule has 1 aliphatic carbocycles. The summed E-state index contributed by atoms with van der Waals surface area (Å²) in [6, 6.07) is 5.01. The lowest BCUT2D eigenvalue weighted by atomic mass is 9.81. The van der Waals surface area contributed by atoms with Gasteiger partial charge in [0.1, 0.15) is 5.82 Å². The average molecular weight is 410 g/mol. The van der Waals surface area contributed by atoms with E-state index in [0.717, 1.165) is 36.6 Å². The molecule has 3 fully saturated rings. The molecule has 2 saturated heterocycles. The Kier molecular flexibility index (Phi) is 5.24. The Labute approximate surface area is 164 Å². The predicted molar refractivity (Wildman–Crippen MR) is 98.0 cm³/mol. The number of nitrogens with zero attached hydrogens (tertiary/aromatic N) is 2. The summed E-state index contributed by atoms with van der Waals surface area (Å²) in [7, 11) is -3.74. The van der Waals surface area contributed by atoms with Gasteiger partial charge in [-0.2, -0.15) is 4.31 Å². The van der Waals surface area contributed by atoms with Crippen molar-refractivity contribution in [1.82, 2.24) is 9.21 Å². The molecular formula is C19H25FN3O4S+. The van der Waals surface area contributed by atoms with Crippen LogP contribution in [-0.2, 0) is 19.6 Å². The highest BCUT2D eigenvalue weighted by Crippen LogP contribution is 2.37. The topological polar surface area (TPSA) is 79.2 Å². The summed E-state index contributed by atoms with van der Waals surface area (Å²) >= 11 is 0. The number of amides is 2. The van der Waals surface area contributed by atoms with Crippen LogP contribution in [0.5, 0.6) is 0 Å². The van der Waals surface area contributed by atoms with Gasteiger partial charge in [-0.25, -0.2) is 17.7 Å². The molecule has 2 aliphatic heterocycles. The van der Waals surface area contributed by atoms with Gasteiger partial charge >= 0.3 is 0 Å². The van der Waals surface area contributed by atoms with E-state index in [1.165, 1.54) is 27.4 Å². The number of nitrogens with one attached hydrogen (secondary N) is 1. The maximum Gasteiger partial charge on any atom is 0.243 e. The largest absolute Gasteiger partial charge is 0.315 e. The highest BCUT2D eigenvalue weighted by Gasteiger charge is 2.49. The second-order valence-corrected chi connectivity index (χ2v) is 9.81. The third-order valence-corrected chi connectivity index (χ3v) is 8.07. The van der Waals surface area contributed by atoms with Gasteiger partial charge in [-0.15, -0.1) is 0 Å². The highest BCUT2D eigenvalue weighted by molar-refractivity contribution is 7.89. The van der Waals surface area contributed by atoms with Crippen LogP contribution < -0.4 is 4.90 Å². The van der Waals surface area contributed by atoms with Crippen molar-refractivity contribution in [2.75, 3.05) is 32.8 Å². The van der Waals surface area contributed by atoms with Gasteiger partial charge < -0.3 is 4.90 Å². The van der Waals surface area contributed by atoms with Crippen molar-refractivity contribution >= 4 is 21.8 Å². The number of imide groups is 1. The molecule has 0 bridgehead atoms. The van der Waals surface area contributed by atoms with E-state index in [4.69, 9.17) is 0 Å². The van der Waals surface area contributed by atoms with Crippen LogP contribution >= 0.6 is 0 Å². The first-order chi connectivity index (χ1) is 13.4. The highest BCUT2D eigenvalue weighted by atomic mass is 32.2. The second kappa shape index (κ2) is 7.53. The summed E-state index contributed by atoms with van der Waals surface area (Å²) in [5.41, 5.74) is 0. The molecule has 2 atom stereocenters. The van der Waals surface area contributed by atoms with Crippen molar-refractivity contribution < 1.29 is 27.3 Å². The molecule has 1 N–H and O–H groups in total. The Morgan fingerprint density at radius 3 is 2.21 bits per heavy atom. The van der Waals surface area contributed by atoms with Crippen LogP contribution in [0.1, 0.15) is 25.7 Å². The van der Waals surface area contributed by atoms with Crippen molar-refractivity contribution in [2.24, 2.45) is 11.8 Å². The minimum atomic E-state index is -3.74. The average Bonchev–Trinajstić information content (AvgIpc) is 2.94. The van der Waals surface area contributed by atoms with E-state index in [1.807, 2.05) is 0 Å². The fraction of sp³-hybridized carbons (Fsp3) is 0.579. The first-order valence-corrected chi connectivity index (χ1v) is 11.3. The van der Waals surface area contributed by atoms with Gasteiger partial charge in [0, 0.05) is 0 Å². The molecule has 0 spiro atoms. The molecule has 0 unspecified atom stereocenters. The molecular weight excluding hydrogens is 385 g/mol. The van der Waals surface area contributed by atoms with Gasteiger partial charge in [0.2, 0.25) is 21.8 Å². The zero-order valence-electron chi connectivity index (χ0n) is 15.6. The summed E-state index contributed by atoms with van der Waals surface area (Å²) in [6.45, 7) is 1.86. The summed E-state index contributed by atoms with van der Waals surface area (Å²) < 4.78 is 40.1. The normalized spacial score (nSPS) is 27.2. The smallest absolute Gasteiger partial charge is 0.243 e. The molecule has 2 heterocycles. The first-order valence-electron chi connectivity index (χ1n) is 9.82. The van der Waals surface area contributed by atoms with Gasteiger partial charge in [0.15, 0.2) is 6.67 Å². The predicted octanol–water partition coefficient (Wildman–Crippen LogP) is -0.152. The Balaban J connectivity index is 1.38. The minimum absolute atomic E-state index is 0.0510. The van der Waals surface area contributed by atoms with Crippen molar-refractivity contribution in [3.63, 3.8) is 0 Å². The van der Waals surface area contributed by atoms with Gasteiger partial charge in [0.05, 0.1) is 42.9 Å². The van der Waals surface area contributed by atoms with E-state index in [0.29, 0.717) is 19.8 Å². The molecule has 9 heteroatoms. The van der Waals surface area contributed by atoms with Crippen LogP contribution in [0.3, 0.4) is 0 Å². The Hall–Kier alpha value is -1.84. The molecule has 28 heavy (non-hydrogen) atoms. The lowest BCUT2D eigenvalue weighted by molar-refractivity contribution is -0.910. The Bertz CT molecular complexity index is 859. The van der Waals surface area contributed by atoms with Crippen molar-refractivity contribution in [2.45, 2.75) is 30.6 Å². The lowest BCUT2D eigenvalue weighted by Gasteiger charge is -2.33. The number of piperazine rings is 1. The van der Waals surface area contributed by atoms with Crippen LogP contribution in [0.2, 0.25) is 0 Å². The van der Waals surface area contributed by atoms with Gasteiger partial charge in [-0.1, -0.05) is 18.9 Å². The molecule has 1 saturated carbocycles. The second-order valence-electron chi connectivity index (χ2n) is 7.87. The van der Waals surface area contributed by atoms with E-state index < -0.39 is 15.8 Å². The Morgan fingerprint density at radius 1 is 1.04 bits per heavy atom. The number of benzene rings is 1. The molecule has 1 aromatic carbocycles. The maximum atomic E-state index is 13.4. The van der Waals surface area contributed by atoms with Crippen LogP contribution in [0.15, 0.2) is 29.2 Å². The monoisotopic (exact) mass is 410 g/mol. The summed E-state index contributed by atoms with van der Waals surface area (Å²) in [6.07, 6.45) is 3.58. The standard InChI is InChI=1S/C19H24FN3O4S/c20-14-4-3-5-15(12-14)28(26,27)22-10-8-21(9-11-22)13-23-18(24)16-6-1-2-7-17(16)19(23)25/h3-5,12,16-17H,1-2,6-11,13H2/p+1/t16-,17+. The number of fused-ring (bicyclic) bond motifs is 1. The molecule has 4 rings (SSSR count). The molecule has 2 amide bonds. The molecule has 0 aromatic heterocycles. The summed E-state index contributed by atoms with van der Waals surface area (Å²) in [5.74, 6) is -1.02. The molecule has 0 radical (unpaired) electrons. The van der Waals surface area contributed by atoms with Crippen LogP contribution in [-0.4, -0.2) is 62.3 Å². The number of hydrogen-bond donors (Lipinski definition) is 1. The molecule has 3 aliphatic rings. The van der Waals surface area contributed by atoms with Crippen molar-refractivity contribution in [3.05, 3.63) is 30.1 Å². The zero-order chi connectivity index (χ0) is 19.9. The van der Waals surface area contributed by atoms with E-state index in [9.17, 15) is 22.4 Å². The molecule has 152 valence electrons. The third-order valence-electron chi connectivity index (χ3n) is 6.18. The SMILES string of the molecule is O=C1[C@H]2CCCC[C@H]2C(=O)N1C[NH+]1CCN(S(=O)(=O)c2cccc(F)c2)CC1. The summed E-state index contributed by atoms with van der Waals surface area (Å²) in [4.78, 5) is 27.6. The fourth-order valence-corrected chi connectivity index (χ4v) is 6.06. The fourth-order valence-electron chi connectivity index (χ4n) is 4.59. The minimum Gasteiger partial charge on any atom is -0.315 e. The Morgan fingerprint density at radius 2 is 1.64 bits per heavy atom. The number of hydrogen-bond acceptors (Lipinski definition) is 4. The number of carbonyl (C=O) groups excluding carboxylic acids is 2. The maximum absolute atomic E-state index is 13.4. The zero-order valence-corrected chi connectivity index (χ0v) is 16.5. The van der Waals surface area contributed by atoms with Gasteiger partial charge in [0.25, 0.3) is 0 Å². The first kappa shape index (κ1) is 19.5. The molecule has 7 nitrogen and oxygen atoms in total. The summed E-state index contributed by atoms with van der Waals surface area (Å²) in [5, 5.41) is 0. The number of quaternary nitrogens is 1. The van der Waals surface area contributed by atoms with E-state index in [1.54, 1.807) is 0 Å². The van der Waals surface area contributed by atoms with Crippen LogP contribution in [0.4, 0.5) is 4.39 Å². The third kappa shape index (κ3) is 3.46. The quantitative estimate of drug-likeness (QED) is 0.700. The van der Waals surface area contributed by atoms with Crippen molar-refractivity contribution in [1.29, 1.82) is 0 Å². The number of halogens is 1. The van der Waals surface area contributed by atoms with E-state index in [2.05, 4.69) is 0 Å². The van der Waals surface area contributed by atoms with Gasteiger partial charge in [-0.05, 0) is 31.0 Å². The lowest BCUT2D eigenvalue weighted by Crippen LogP contribution is -3.16. The number of likely N-dealkylation sites (tertiary alicyclic amines) is 1. The van der Waals surface area contributed by atoms with Crippen molar-refractivity contribution in [3.8, 4) is 0 Å². The number of sulfonamides is 1. The number of rotatable bonds is 4. The number of carbonyl (C=O) groups is 2. The van der Waals surface area contributed by atoms with Crippen LogP contribution in [0, 0.1) is 17.7 Å².